The minimum absolute atomic E-state index is 0.0974. The molecule has 1 fully saturated rings. The zero-order valence-electron chi connectivity index (χ0n) is 7.87. The Morgan fingerprint density at radius 1 is 1.36 bits per heavy atom. The van der Waals surface area contributed by atoms with Crippen molar-refractivity contribution in [1.29, 1.82) is 0 Å². The van der Waals surface area contributed by atoms with Crippen molar-refractivity contribution < 1.29 is 9.53 Å². The summed E-state index contributed by atoms with van der Waals surface area (Å²) in [6.07, 6.45) is 0.410. The van der Waals surface area contributed by atoms with Gasteiger partial charge < -0.3 is 4.74 Å². The van der Waals surface area contributed by atoms with Gasteiger partial charge in [-0.3, -0.25) is 4.79 Å². The summed E-state index contributed by atoms with van der Waals surface area (Å²) >= 11 is 5.78. The van der Waals surface area contributed by atoms with Gasteiger partial charge in [-0.1, -0.05) is 30.7 Å². The predicted octanol–water partition coefficient (Wildman–Crippen LogP) is 2.96. The van der Waals surface area contributed by atoms with Crippen LogP contribution in [0, 0.1) is 5.92 Å². The van der Waals surface area contributed by atoms with Gasteiger partial charge in [0.15, 0.2) is 0 Å². The predicted molar refractivity (Wildman–Crippen MR) is 54.1 cm³/mol. The van der Waals surface area contributed by atoms with Crippen LogP contribution in [0.5, 0.6) is 0 Å². The number of esters is 1. The molecule has 1 aliphatic rings. The number of cyclic esters (lactones) is 1. The van der Waals surface area contributed by atoms with Gasteiger partial charge in [0.25, 0.3) is 0 Å². The molecule has 0 aliphatic carbocycles. The van der Waals surface area contributed by atoms with E-state index in [1.807, 2.05) is 31.2 Å². The molecule has 0 amide bonds. The van der Waals surface area contributed by atoms with E-state index in [4.69, 9.17) is 16.3 Å². The fourth-order valence-corrected chi connectivity index (χ4v) is 1.85. The quantitative estimate of drug-likeness (QED) is 0.667. The Morgan fingerprint density at radius 3 is 2.50 bits per heavy atom. The Balaban J connectivity index is 2.23. The Hall–Kier alpha value is -1.02. The Labute approximate surface area is 87.8 Å². The highest BCUT2D eigenvalue weighted by Crippen LogP contribution is 2.35. The van der Waals surface area contributed by atoms with Crippen molar-refractivity contribution in [2.45, 2.75) is 19.4 Å². The number of hydrogen-bond donors (Lipinski definition) is 0. The molecular formula is C11H11ClO2. The van der Waals surface area contributed by atoms with Crippen molar-refractivity contribution in [2.75, 3.05) is 0 Å². The number of rotatable bonds is 1. The molecule has 0 N–H and O–H groups in total. The van der Waals surface area contributed by atoms with Crippen LogP contribution in [0.4, 0.5) is 0 Å². The van der Waals surface area contributed by atoms with E-state index in [1.165, 1.54) is 0 Å². The van der Waals surface area contributed by atoms with Crippen LogP contribution in [-0.4, -0.2) is 5.97 Å². The van der Waals surface area contributed by atoms with Crippen LogP contribution in [0.3, 0.4) is 0 Å². The second-order valence-corrected chi connectivity index (χ2v) is 4.08. The smallest absolute Gasteiger partial charge is 0.306 e. The molecule has 14 heavy (non-hydrogen) atoms. The third-order valence-corrected chi connectivity index (χ3v) is 2.71. The van der Waals surface area contributed by atoms with E-state index in [9.17, 15) is 4.79 Å². The Morgan fingerprint density at radius 2 is 2.00 bits per heavy atom. The average Bonchev–Trinajstić information content (AvgIpc) is 2.47. The van der Waals surface area contributed by atoms with E-state index in [0.29, 0.717) is 11.4 Å². The highest BCUT2D eigenvalue weighted by atomic mass is 35.5. The third kappa shape index (κ3) is 1.75. The molecule has 0 saturated carbocycles. The van der Waals surface area contributed by atoms with Crippen molar-refractivity contribution in [1.82, 2.24) is 0 Å². The van der Waals surface area contributed by atoms with Gasteiger partial charge in [-0.15, -0.1) is 0 Å². The fraction of sp³-hybridized carbons (Fsp3) is 0.364. The standard InChI is InChI=1S/C11H11ClO2/c1-7-6-10(13)14-11(7)8-2-4-9(12)5-3-8/h2-5,7,11H,6H2,1H3/t7-,11+/m0/s1. The molecule has 1 aliphatic heterocycles. The van der Waals surface area contributed by atoms with Gasteiger partial charge in [-0.05, 0) is 17.7 Å². The van der Waals surface area contributed by atoms with Gasteiger partial charge in [-0.25, -0.2) is 0 Å². The van der Waals surface area contributed by atoms with Crippen LogP contribution >= 0.6 is 11.6 Å². The molecule has 0 bridgehead atoms. The largest absolute Gasteiger partial charge is 0.457 e. The van der Waals surface area contributed by atoms with Gasteiger partial charge in [0.05, 0.1) is 6.42 Å². The summed E-state index contributed by atoms with van der Waals surface area (Å²) in [7, 11) is 0. The topological polar surface area (TPSA) is 26.3 Å². The second-order valence-electron chi connectivity index (χ2n) is 3.64. The molecule has 74 valence electrons. The van der Waals surface area contributed by atoms with E-state index in [2.05, 4.69) is 0 Å². The molecule has 0 spiro atoms. The summed E-state index contributed by atoms with van der Waals surface area (Å²) in [6, 6.07) is 7.44. The first-order valence-electron chi connectivity index (χ1n) is 4.62. The first kappa shape index (κ1) is 9.53. The molecule has 1 aromatic rings. The second kappa shape index (κ2) is 3.62. The number of hydrogen-bond acceptors (Lipinski definition) is 2. The summed E-state index contributed by atoms with van der Waals surface area (Å²) in [5.74, 6) is 0.140. The van der Waals surface area contributed by atoms with E-state index in [0.717, 1.165) is 5.56 Å². The van der Waals surface area contributed by atoms with Crippen LogP contribution < -0.4 is 0 Å². The molecule has 0 radical (unpaired) electrons. The van der Waals surface area contributed by atoms with Crippen molar-refractivity contribution >= 4 is 17.6 Å². The van der Waals surface area contributed by atoms with E-state index >= 15 is 0 Å². The molecule has 0 aromatic heterocycles. The van der Waals surface area contributed by atoms with Crippen molar-refractivity contribution in [3.8, 4) is 0 Å². The fourth-order valence-electron chi connectivity index (χ4n) is 1.72. The molecular weight excluding hydrogens is 200 g/mol. The highest BCUT2D eigenvalue weighted by molar-refractivity contribution is 6.30. The maximum absolute atomic E-state index is 11.1. The van der Waals surface area contributed by atoms with Gasteiger partial charge in [-0.2, -0.15) is 0 Å². The maximum Gasteiger partial charge on any atom is 0.306 e. The van der Waals surface area contributed by atoms with E-state index in [-0.39, 0.29) is 18.0 Å². The minimum atomic E-state index is -0.113. The van der Waals surface area contributed by atoms with Gasteiger partial charge in [0, 0.05) is 10.9 Å². The number of carbonyl (C=O) groups excluding carboxylic acids is 1. The van der Waals surface area contributed by atoms with E-state index < -0.39 is 0 Å². The number of halogens is 1. The SMILES string of the molecule is C[C@H]1CC(=O)O[C@H]1c1ccc(Cl)cc1. The number of ether oxygens (including phenoxy) is 1. The molecule has 2 nitrogen and oxygen atoms in total. The van der Waals surface area contributed by atoms with Crippen molar-refractivity contribution in [3.63, 3.8) is 0 Å². The van der Waals surface area contributed by atoms with Crippen LogP contribution in [0.2, 0.25) is 5.02 Å². The van der Waals surface area contributed by atoms with Gasteiger partial charge >= 0.3 is 5.97 Å². The molecule has 2 rings (SSSR count). The van der Waals surface area contributed by atoms with Crippen LogP contribution in [0.25, 0.3) is 0 Å². The first-order chi connectivity index (χ1) is 6.66. The molecule has 0 unspecified atom stereocenters. The Kier molecular flexibility index (Phi) is 2.46. The van der Waals surface area contributed by atoms with Gasteiger partial charge in [0.2, 0.25) is 0 Å². The van der Waals surface area contributed by atoms with Crippen LogP contribution in [-0.2, 0) is 9.53 Å². The molecule has 1 aromatic carbocycles. The monoisotopic (exact) mass is 210 g/mol. The minimum Gasteiger partial charge on any atom is -0.457 e. The summed E-state index contributed by atoms with van der Waals surface area (Å²) in [6.45, 7) is 2.02. The molecule has 2 atom stereocenters. The number of benzene rings is 1. The zero-order valence-corrected chi connectivity index (χ0v) is 8.62. The summed E-state index contributed by atoms with van der Waals surface area (Å²) in [5.41, 5.74) is 1.02. The zero-order chi connectivity index (χ0) is 10.1. The summed E-state index contributed by atoms with van der Waals surface area (Å²) < 4.78 is 5.22. The lowest BCUT2D eigenvalue weighted by Gasteiger charge is -2.13. The third-order valence-electron chi connectivity index (χ3n) is 2.46. The van der Waals surface area contributed by atoms with Crippen molar-refractivity contribution in [3.05, 3.63) is 34.9 Å². The highest BCUT2D eigenvalue weighted by Gasteiger charge is 2.32. The summed E-state index contributed by atoms with van der Waals surface area (Å²) in [4.78, 5) is 11.1. The lowest BCUT2D eigenvalue weighted by atomic mass is 9.97. The molecule has 3 heteroatoms. The molecule has 1 heterocycles. The number of carbonyl (C=O) groups is 1. The van der Waals surface area contributed by atoms with Crippen LogP contribution in [0.1, 0.15) is 25.0 Å². The lowest BCUT2D eigenvalue weighted by Crippen LogP contribution is -2.03. The van der Waals surface area contributed by atoms with E-state index in [1.54, 1.807) is 0 Å². The first-order valence-corrected chi connectivity index (χ1v) is 4.99. The molecule has 1 saturated heterocycles. The van der Waals surface area contributed by atoms with Crippen LogP contribution in [0.15, 0.2) is 24.3 Å². The maximum atomic E-state index is 11.1. The summed E-state index contributed by atoms with van der Waals surface area (Å²) in [5, 5.41) is 0.700. The van der Waals surface area contributed by atoms with Crippen molar-refractivity contribution in [2.24, 2.45) is 5.92 Å². The Bertz CT molecular complexity index is 345. The normalized spacial score (nSPS) is 26.3. The average molecular weight is 211 g/mol. The van der Waals surface area contributed by atoms with Gasteiger partial charge in [0.1, 0.15) is 6.10 Å². The lowest BCUT2D eigenvalue weighted by molar-refractivity contribution is -0.141.